The largest absolute Gasteiger partial charge is 0.326 e. The molecule has 0 unspecified atom stereocenters. The van der Waals surface area contributed by atoms with Gasteiger partial charge in [-0.1, -0.05) is 24.3 Å². The maximum Gasteiger partial charge on any atom is 0.228 e. The lowest BCUT2D eigenvalue weighted by atomic mass is 9.95. The molecule has 5 heteroatoms. The molecule has 0 saturated heterocycles. The van der Waals surface area contributed by atoms with Crippen LogP contribution in [0.15, 0.2) is 48.7 Å². The van der Waals surface area contributed by atoms with E-state index in [1.54, 1.807) is 12.1 Å². The summed E-state index contributed by atoms with van der Waals surface area (Å²) in [6.45, 7) is 1.91. The van der Waals surface area contributed by atoms with Gasteiger partial charge in [0.1, 0.15) is 0 Å². The maximum absolute atomic E-state index is 14.9. The van der Waals surface area contributed by atoms with Crippen molar-refractivity contribution in [3.05, 3.63) is 65.7 Å². The highest BCUT2D eigenvalue weighted by Crippen LogP contribution is 2.37. The topological polar surface area (TPSA) is 46.9 Å². The summed E-state index contributed by atoms with van der Waals surface area (Å²) in [6.07, 6.45) is 1.79. The van der Waals surface area contributed by atoms with Crippen molar-refractivity contribution in [3.63, 3.8) is 0 Å². The van der Waals surface area contributed by atoms with Crippen molar-refractivity contribution in [3.8, 4) is 16.8 Å². The number of hydrogen-bond acceptors (Lipinski definition) is 2. The Morgan fingerprint density at radius 1 is 1.17 bits per heavy atom. The zero-order chi connectivity index (χ0) is 16.0. The number of carbonyl (C=O) groups excluding carboxylic acids is 1. The standard InChI is InChI=1S/C18H14FN3O/c1-11-7-8-15-13(9-16(23)21-15)17(11)14-10-20-22(18(14)19)12-5-3-2-4-6-12/h2-8,10H,9H2,1H3,(H,21,23). The van der Waals surface area contributed by atoms with Gasteiger partial charge < -0.3 is 5.32 Å². The Bertz CT molecular complexity index is 916. The lowest BCUT2D eigenvalue weighted by Gasteiger charge is -2.10. The average Bonchev–Trinajstić information content (AvgIpc) is 3.11. The number of carbonyl (C=O) groups is 1. The van der Waals surface area contributed by atoms with E-state index >= 15 is 0 Å². The molecule has 0 bridgehead atoms. The molecule has 1 N–H and O–H groups in total. The van der Waals surface area contributed by atoms with Crippen LogP contribution >= 0.6 is 0 Å². The molecule has 4 rings (SSSR count). The smallest absolute Gasteiger partial charge is 0.228 e. The number of halogens is 1. The number of anilines is 1. The number of benzene rings is 2. The summed E-state index contributed by atoms with van der Waals surface area (Å²) < 4.78 is 16.2. The highest BCUT2D eigenvalue weighted by molar-refractivity contribution is 6.02. The maximum atomic E-state index is 14.9. The first-order valence-corrected chi connectivity index (χ1v) is 7.37. The Kier molecular flexibility index (Phi) is 3.01. The van der Waals surface area contributed by atoms with Gasteiger partial charge in [0.05, 0.1) is 23.9 Å². The number of rotatable bonds is 2. The van der Waals surface area contributed by atoms with Crippen LogP contribution in [0.5, 0.6) is 0 Å². The fraction of sp³-hybridized carbons (Fsp3) is 0.111. The lowest BCUT2D eigenvalue weighted by molar-refractivity contribution is -0.115. The predicted molar refractivity (Wildman–Crippen MR) is 86.0 cm³/mol. The number of nitrogens with one attached hydrogen (secondary N) is 1. The molecule has 114 valence electrons. The Hall–Kier alpha value is -2.95. The van der Waals surface area contributed by atoms with Gasteiger partial charge in [-0.15, -0.1) is 0 Å². The zero-order valence-electron chi connectivity index (χ0n) is 12.5. The molecule has 3 aromatic rings. The van der Waals surface area contributed by atoms with E-state index in [1.165, 1.54) is 10.9 Å². The predicted octanol–water partition coefficient (Wildman–Crippen LogP) is 3.48. The van der Waals surface area contributed by atoms with Gasteiger partial charge in [-0.3, -0.25) is 4.79 Å². The van der Waals surface area contributed by atoms with Crippen LogP contribution in [0.25, 0.3) is 16.8 Å². The van der Waals surface area contributed by atoms with Crippen LogP contribution in [-0.2, 0) is 11.2 Å². The number of fused-ring (bicyclic) bond motifs is 1. The van der Waals surface area contributed by atoms with Gasteiger partial charge in [-0.2, -0.15) is 9.49 Å². The van der Waals surface area contributed by atoms with Gasteiger partial charge in [0.25, 0.3) is 0 Å². The molecular weight excluding hydrogens is 293 g/mol. The molecule has 0 saturated carbocycles. The van der Waals surface area contributed by atoms with Crippen molar-refractivity contribution in [2.24, 2.45) is 0 Å². The van der Waals surface area contributed by atoms with E-state index in [0.717, 1.165) is 22.4 Å². The van der Waals surface area contributed by atoms with Crippen molar-refractivity contribution in [2.45, 2.75) is 13.3 Å². The van der Waals surface area contributed by atoms with Crippen molar-refractivity contribution in [1.82, 2.24) is 9.78 Å². The number of aromatic nitrogens is 2. The summed E-state index contributed by atoms with van der Waals surface area (Å²) in [4.78, 5) is 11.7. The molecule has 23 heavy (non-hydrogen) atoms. The van der Waals surface area contributed by atoms with Crippen molar-refractivity contribution < 1.29 is 9.18 Å². The molecule has 2 aromatic carbocycles. The fourth-order valence-electron chi connectivity index (χ4n) is 3.05. The summed E-state index contributed by atoms with van der Waals surface area (Å²) >= 11 is 0. The highest BCUT2D eigenvalue weighted by atomic mass is 19.1. The summed E-state index contributed by atoms with van der Waals surface area (Å²) in [6, 6.07) is 12.9. The summed E-state index contributed by atoms with van der Waals surface area (Å²) in [5.74, 6) is -0.491. The van der Waals surface area contributed by atoms with E-state index in [0.29, 0.717) is 11.3 Å². The third-order valence-corrected chi connectivity index (χ3v) is 4.11. The van der Waals surface area contributed by atoms with Crippen molar-refractivity contribution >= 4 is 11.6 Å². The Morgan fingerprint density at radius 3 is 2.74 bits per heavy atom. The number of hydrogen-bond donors (Lipinski definition) is 1. The molecular formula is C18H14FN3O. The molecule has 0 fully saturated rings. The monoisotopic (exact) mass is 307 g/mol. The minimum atomic E-state index is -0.424. The van der Waals surface area contributed by atoms with Gasteiger partial charge >= 0.3 is 0 Å². The molecule has 0 atom stereocenters. The van der Waals surface area contributed by atoms with E-state index in [-0.39, 0.29) is 12.3 Å². The molecule has 4 nitrogen and oxygen atoms in total. The number of nitrogens with zero attached hydrogens (tertiary/aromatic N) is 2. The van der Waals surface area contributed by atoms with Crippen molar-refractivity contribution in [1.29, 1.82) is 0 Å². The van der Waals surface area contributed by atoms with Crippen LogP contribution in [0.3, 0.4) is 0 Å². The van der Waals surface area contributed by atoms with Crippen molar-refractivity contribution in [2.75, 3.05) is 5.32 Å². The first kappa shape index (κ1) is 13.7. The normalized spacial score (nSPS) is 13.0. The highest BCUT2D eigenvalue weighted by Gasteiger charge is 2.25. The van der Waals surface area contributed by atoms with Gasteiger partial charge in [-0.05, 0) is 41.8 Å². The fourth-order valence-corrected chi connectivity index (χ4v) is 3.05. The van der Waals surface area contributed by atoms with Gasteiger partial charge in [-0.25, -0.2) is 4.68 Å². The minimum absolute atomic E-state index is 0.0669. The first-order valence-electron chi connectivity index (χ1n) is 7.37. The SMILES string of the molecule is Cc1ccc2c(c1-c1cnn(-c3ccccc3)c1F)CC(=O)N2. The van der Waals surface area contributed by atoms with Gasteiger partial charge in [0.2, 0.25) is 11.9 Å². The molecule has 1 aromatic heterocycles. The quantitative estimate of drug-likeness (QED) is 0.788. The Morgan fingerprint density at radius 2 is 1.96 bits per heavy atom. The number of para-hydroxylation sites is 1. The molecule has 1 aliphatic heterocycles. The second-order valence-electron chi connectivity index (χ2n) is 5.60. The van der Waals surface area contributed by atoms with Crippen LogP contribution in [0.1, 0.15) is 11.1 Å². The number of aryl methyl sites for hydroxylation is 1. The molecule has 1 amide bonds. The van der Waals surface area contributed by atoms with Crippen LogP contribution in [-0.4, -0.2) is 15.7 Å². The second-order valence-corrected chi connectivity index (χ2v) is 5.60. The van der Waals surface area contributed by atoms with Gasteiger partial charge in [0, 0.05) is 5.69 Å². The summed E-state index contributed by atoms with van der Waals surface area (Å²) in [5, 5.41) is 6.99. The third-order valence-electron chi connectivity index (χ3n) is 4.11. The van der Waals surface area contributed by atoms with Crippen LogP contribution < -0.4 is 5.32 Å². The average molecular weight is 307 g/mol. The minimum Gasteiger partial charge on any atom is -0.326 e. The molecule has 1 aliphatic rings. The van der Waals surface area contributed by atoms with E-state index < -0.39 is 5.95 Å². The number of amides is 1. The van der Waals surface area contributed by atoms with Gasteiger partial charge in [0.15, 0.2) is 0 Å². The van der Waals surface area contributed by atoms with E-state index in [9.17, 15) is 9.18 Å². The van der Waals surface area contributed by atoms with Crippen LogP contribution in [0, 0.1) is 12.9 Å². The third kappa shape index (κ3) is 2.12. The Labute approximate surface area is 132 Å². The molecule has 2 heterocycles. The molecule has 0 radical (unpaired) electrons. The first-order chi connectivity index (χ1) is 11.1. The Balaban J connectivity index is 1.90. The van der Waals surface area contributed by atoms with Crippen LogP contribution in [0.2, 0.25) is 0 Å². The van der Waals surface area contributed by atoms with E-state index in [2.05, 4.69) is 10.4 Å². The van der Waals surface area contributed by atoms with E-state index in [1.807, 2.05) is 37.3 Å². The van der Waals surface area contributed by atoms with Crippen LogP contribution in [0.4, 0.5) is 10.1 Å². The summed E-state index contributed by atoms with van der Waals surface area (Å²) in [7, 11) is 0. The summed E-state index contributed by atoms with van der Waals surface area (Å²) in [5.41, 5.74) is 4.34. The lowest BCUT2D eigenvalue weighted by Crippen LogP contribution is -2.03. The molecule has 0 spiro atoms. The molecule has 0 aliphatic carbocycles. The second kappa shape index (κ2) is 5.05. The zero-order valence-corrected chi connectivity index (χ0v) is 12.5. The van der Waals surface area contributed by atoms with E-state index in [4.69, 9.17) is 0 Å².